The minimum absolute atomic E-state index is 0.471. The molecule has 1 nitrogen and oxygen atoms in total. The molecule has 3 saturated carbocycles. The predicted molar refractivity (Wildman–Crippen MR) is 47.6 cm³/mol. The van der Waals surface area contributed by atoms with Crippen molar-refractivity contribution in [3.05, 3.63) is 0 Å². The third-order valence-corrected chi connectivity index (χ3v) is 4.83. The molecule has 0 aromatic heterocycles. The highest BCUT2D eigenvalue weighted by atomic mass is 16.3. The lowest BCUT2D eigenvalue weighted by atomic mass is 9.52. The molecule has 0 amide bonds. The van der Waals surface area contributed by atoms with Crippen LogP contribution in [0.15, 0.2) is 0 Å². The minimum atomic E-state index is 0.471. The van der Waals surface area contributed by atoms with Crippen LogP contribution in [-0.2, 0) is 0 Å². The first kappa shape index (κ1) is 7.37. The molecule has 3 aliphatic carbocycles. The average Bonchev–Trinajstić information content (AvgIpc) is 2.45. The monoisotopic (exact) mass is 166 g/mol. The van der Waals surface area contributed by atoms with Crippen molar-refractivity contribution in [3.8, 4) is 0 Å². The molecule has 5 atom stereocenters. The van der Waals surface area contributed by atoms with Crippen molar-refractivity contribution in [1.29, 1.82) is 0 Å². The van der Waals surface area contributed by atoms with Crippen LogP contribution in [0.1, 0.15) is 32.1 Å². The van der Waals surface area contributed by atoms with Gasteiger partial charge in [0.05, 0.1) is 0 Å². The smallest absolute Gasteiger partial charge is 0.0464 e. The molecule has 3 rings (SSSR count). The molecule has 0 spiro atoms. The standard InChI is InChI=1S/C11H18O/c12-6-10-8-3-1-2-7-4-5-9(10)11(7)8/h7-12H,1-6H2/t7-,8+,9-,10-,11+/m1/s1. The zero-order valence-corrected chi connectivity index (χ0v) is 7.58. The molecule has 0 bridgehead atoms. The van der Waals surface area contributed by atoms with Crippen LogP contribution in [0.25, 0.3) is 0 Å². The second-order valence-electron chi connectivity index (χ2n) is 5.02. The molecule has 0 unspecified atom stereocenters. The summed E-state index contributed by atoms with van der Waals surface area (Å²) < 4.78 is 0. The summed E-state index contributed by atoms with van der Waals surface area (Å²) in [5, 5.41) is 9.24. The summed E-state index contributed by atoms with van der Waals surface area (Å²) in [6.45, 7) is 0.471. The van der Waals surface area contributed by atoms with Gasteiger partial charge in [-0.3, -0.25) is 0 Å². The Kier molecular flexibility index (Phi) is 1.52. The maximum Gasteiger partial charge on any atom is 0.0464 e. The Morgan fingerprint density at radius 2 is 1.83 bits per heavy atom. The van der Waals surface area contributed by atoms with Crippen LogP contribution in [0.3, 0.4) is 0 Å². The van der Waals surface area contributed by atoms with Crippen LogP contribution in [0.5, 0.6) is 0 Å². The first-order chi connectivity index (χ1) is 5.92. The molecular weight excluding hydrogens is 148 g/mol. The predicted octanol–water partition coefficient (Wildman–Crippen LogP) is 2.05. The fraction of sp³-hybridized carbons (Fsp3) is 1.00. The quantitative estimate of drug-likeness (QED) is 0.632. The first-order valence-corrected chi connectivity index (χ1v) is 5.52. The molecule has 0 aromatic carbocycles. The molecular formula is C11H18O. The maximum atomic E-state index is 9.24. The van der Waals surface area contributed by atoms with E-state index in [-0.39, 0.29) is 0 Å². The van der Waals surface area contributed by atoms with Gasteiger partial charge in [-0.05, 0) is 48.9 Å². The van der Waals surface area contributed by atoms with Crippen molar-refractivity contribution in [1.82, 2.24) is 0 Å². The van der Waals surface area contributed by atoms with Crippen LogP contribution in [0.4, 0.5) is 0 Å². The van der Waals surface area contributed by atoms with E-state index in [1.54, 1.807) is 0 Å². The normalized spacial score (nSPS) is 56.2. The van der Waals surface area contributed by atoms with Crippen molar-refractivity contribution in [3.63, 3.8) is 0 Å². The van der Waals surface area contributed by atoms with Gasteiger partial charge in [0.1, 0.15) is 0 Å². The van der Waals surface area contributed by atoms with Crippen LogP contribution < -0.4 is 0 Å². The highest BCUT2D eigenvalue weighted by Crippen LogP contribution is 2.62. The van der Waals surface area contributed by atoms with Gasteiger partial charge in [0, 0.05) is 6.61 Å². The number of hydrogen-bond acceptors (Lipinski definition) is 1. The number of hydrogen-bond donors (Lipinski definition) is 1. The van der Waals surface area contributed by atoms with Gasteiger partial charge in [-0.1, -0.05) is 12.8 Å². The Bertz CT molecular complexity index is 189. The van der Waals surface area contributed by atoms with Gasteiger partial charge in [-0.15, -0.1) is 0 Å². The fourth-order valence-electron chi connectivity index (χ4n) is 4.39. The second kappa shape index (κ2) is 2.47. The summed E-state index contributed by atoms with van der Waals surface area (Å²) >= 11 is 0. The van der Waals surface area contributed by atoms with Gasteiger partial charge in [0.25, 0.3) is 0 Å². The van der Waals surface area contributed by atoms with E-state index in [1.165, 1.54) is 32.1 Å². The third-order valence-electron chi connectivity index (χ3n) is 4.83. The van der Waals surface area contributed by atoms with Crippen molar-refractivity contribution >= 4 is 0 Å². The van der Waals surface area contributed by atoms with Gasteiger partial charge in [-0.25, -0.2) is 0 Å². The molecule has 68 valence electrons. The first-order valence-electron chi connectivity index (χ1n) is 5.52. The van der Waals surface area contributed by atoms with Crippen LogP contribution in [-0.4, -0.2) is 11.7 Å². The van der Waals surface area contributed by atoms with Gasteiger partial charge in [-0.2, -0.15) is 0 Å². The zero-order valence-electron chi connectivity index (χ0n) is 7.58. The highest BCUT2D eigenvalue weighted by Gasteiger charge is 2.56. The lowest BCUT2D eigenvalue weighted by Gasteiger charge is -2.53. The molecule has 0 heterocycles. The van der Waals surface area contributed by atoms with Crippen LogP contribution in [0, 0.1) is 29.6 Å². The van der Waals surface area contributed by atoms with Crippen molar-refractivity contribution in [2.45, 2.75) is 32.1 Å². The summed E-state index contributed by atoms with van der Waals surface area (Å²) in [5.41, 5.74) is 0. The van der Waals surface area contributed by atoms with E-state index < -0.39 is 0 Å². The molecule has 1 heteroatoms. The fourth-order valence-corrected chi connectivity index (χ4v) is 4.39. The summed E-state index contributed by atoms with van der Waals surface area (Å²) in [5.74, 6) is 4.69. The topological polar surface area (TPSA) is 20.2 Å². The Hall–Kier alpha value is -0.0400. The zero-order chi connectivity index (χ0) is 8.13. The van der Waals surface area contributed by atoms with E-state index in [2.05, 4.69) is 0 Å². The summed E-state index contributed by atoms with van der Waals surface area (Å²) in [4.78, 5) is 0. The average molecular weight is 166 g/mol. The summed E-state index contributed by atoms with van der Waals surface area (Å²) in [6, 6.07) is 0. The van der Waals surface area contributed by atoms with Crippen molar-refractivity contribution in [2.24, 2.45) is 29.6 Å². The Morgan fingerprint density at radius 3 is 2.67 bits per heavy atom. The van der Waals surface area contributed by atoms with E-state index in [0.717, 1.165) is 23.7 Å². The van der Waals surface area contributed by atoms with Gasteiger partial charge in [0.15, 0.2) is 0 Å². The molecule has 0 aromatic rings. The molecule has 1 N–H and O–H groups in total. The van der Waals surface area contributed by atoms with E-state index in [9.17, 15) is 5.11 Å². The maximum absolute atomic E-state index is 9.24. The highest BCUT2D eigenvalue weighted by molar-refractivity contribution is 5.05. The van der Waals surface area contributed by atoms with E-state index in [0.29, 0.717) is 12.5 Å². The Balaban J connectivity index is 1.82. The number of aliphatic hydroxyl groups is 1. The summed E-state index contributed by atoms with van der Waals surface area (Å²) in [6.07, 6.45) is 7.26. The molecule has 0 aliphatic heterocycles. The van der Waals surface area contributed by atoms with E-state index in [4.69, 9.17) is 0 Å². The van der Waals surface area contributed by atoms with Gasteiger partial charge in [0.2, 0.25) is 0 Å². The molecule has 0 radical (unpaired) electrons. The summed E-state index contributed by atoms with van der Waals surface area (Å²) in [7, 11) is 0. The molecule has 3 aliphatic rings. The molecule has 3 fully saturated rings. The van der Waals surface area contributed by atoms with Crippen LogP contribution in [0.2, 0.25) is 0 Å². The van der Waals surface area contributed by atoms with Crippen LogP contribution >= 0.6 is 0 Å². The van der Waals surface area contributed by atoms with Gasteiger partial charge < -0.3 is 5.11 Å². The number of rotatable bonds is 1. The second-order valence-corrected chi connectivity index (χ2v) is 5.02. The largest absolute Gasteiger partial charge is 0.396 e. The third kappa shape index (κ3) is 0.736. The lowest BCUT2D eigenvalue weighted by Crippen LogP contribution is -2.49. The van der Waals surface area contributed by atoms with E-state index >= 15 is 0 Å². The Labute approximate surface area is 74.2 Å². The minimum Gasteiger partial charge on any atom is -0.396 e. The van der Waals surface area contributed by atoms with Crippen molar-refractivity contribution < 1.29 is 5.11 Å². The lowest BCUT2D eigenvalue weighted by molar-refractivity contribution is -0.0754. The van der Waals surface area contributed by atoms with Crippen molar-refractivity contribution in [2.75, 3.05) is 6.61 Å². The van der Waals surface area contributed by atoms with E-state index in [1.807, 2.05) is 0 Å². The SMILES string of the molecule is OC[C@H]1[C@H]2CC[C@H]3CCC[C@@H]1[C@H]32. The molecule has 12 heavy (non-hydrogen) atoms. The molecule has 0 saturated heterocycles. The Morgan fingerprint density at radius 1 is 1.00 bits per heavy atom. The van der Waals surface area contributed by atoms with Gasteiger partial charge >= 0.3 is 0 Å². The number of aliphatic hydroxyl groups excluding tert-OH is 1.